The minimum absolute atomic E-state index is 0. The summed E-state index contributed by atoms with van der Waals surface area (Å²) in [5.74, 6) is 2.83. The zero-order valence-electron chi connectivity index (χ0n) is 12.2. The van der Waals surface area contributed by atoms with Crippen molar-refractivity contribution in [3.8, 4) is 12.3 Å². The van der Waals surface area contributed by atoms with Crippen LogP contribution in [0.1, 0.15) is 23.2 Å². The van der Waals surface area contributed by atoms with Crippen LogP contribution in [0.25, 0.3) is 0 Å². The predicted octanol–water partition coefficient (Wildman–Crippen LogP) is 2.65. The van der Waals surface area contributed by atoms with Crippen molar-refractivity contribution in [2.45, 2.75) is 12.8 Å². The number of nitrogens with zero attached hydrogens (tertiary/aromatic N) is 1. The highest BCUT2D eigenvalue weighted by atomic mass is 35.5. The lowest BCUT2D eigenvalue weighted by molar-refractivity contribution is 0.0296. The lowest BCUT2D eigenvalue weighted by atomic mass is 9.92. The Morgan fingerprint density at radius 3 is 2.57 bits per heavy atom. The molecule has 1 fully saturated rings. The molecule has 1 atom stereocenters. The van der Waals surface area contributed by atoms with Gasteiger partial charge in [0.2, 0.25) is 0 Å². The monoisotopic (exact) mass is 307 g/mol. The molecule has 21 heavy (non-hydrogen) atoms. The molecule has 1 heterocycles. The summed E-state index contributed by atoms with van der Waals surface area (Å²) >= 11 is 0. The number of benzene rings is 1. The molecule has 0 aliphatic carbocycles. The zero-order valence-corrected chi connectivity index (χ0v) is 13.0. The second kappa shape index (κ2) is 9.57. The standard InChI is InChI=1S/C17H21NO2.ClH/c1-2-3-7-16(14-18-10-12-20-13-11-18)17(19)15-8-5-4-6-9-15;/h1,4-6,8-9,16H,3,7,10-14H2;1H. The third-order valence-corrected chi connectivity index (χ3v) is 3.65. The van der Waals surface area contributed by atoms with Gasteiger partial charge in [0.25, 0.3) is 0 Å². The Labute approximate surface area is 133 Å². The van der Waals surface area contributed by atoms with Gasteiger partial charge in [-0.3, -0.25) is 9.69 Å². The van der Waals surface area contributed by atoms with E-state index in [-0.39, 0.29) is 24.1 Å². The van der Waals surface area contributed by atoms with Crippen LogP contribution in [0.15, 0.2) is 30.3 Å². The maximum absolute atomic E-state index is 12.6. The molecule has 1 unspecified atom stereocenters. The zero-order chi connectivity index (χ0) is 14.2. The SMILES string of the molecule is C#CCCC(CN1CCOCC1)C(=O)c1ccccc1.Cl. The van der Waals surface area contributed by atoms with E-state index in [0.29, 0.717) is 6.42 Å². The van der Waals surface area contributed by atoms with Crippen molar-refractivity contribution in [2.24, 2.45) is 5.92 Å². The van der Waals surface area contributed by atoms with Crippen LogP contribution in [0.4, 0.5) is 0 Å². The average Bonchev–Trinajstić information content (AvgIpc) is 2.52. The normalized spacial score (nSPS) is 16.5. The molecule has 4 heteroatoms. The van der Waals surface area contributed by atoms with Crippen molar-refractivity contribution in [1.82, 2.24) is 4.90 Å². The predicted molar refractivity (Wildman–Crippen MR) is 86.8 cm³/mol. The number of hydrogen-bond acceptors (Lipinski definition) is 3. The van der Waals surface area contributed by atoms with Gasteiger partial charge >= 0.3 is 0 Å². The highest BCUT2D eigenvalue weighted by Gasteiger charge is 2.23. The van der Waals surface area contributed by atoms with E-state index < -0.39 is 0 Å². The maximum Gasteiger partial charge on any atom is 0.167 e. The van der Waals surface area contributed by atoms with Gasteiger partial charge in [-0.1, -0.05) is 30.3 Å². The molecule has 0 bridgehead atoms. The van der Waals surface area contributed by atoms with E-state index in [2.05, 4.69) is 10.8 Å². The van der Waals surface area contributed by atoms with Gasteiger partial charge in [0.15, 0.2) is 5.78 Å². The minimum Gasteiger partial charge on any atom is -0.379 e. The Morgan fingerprint density at radius 1 is 1.29 bits per heavy atom. The molecule has 1 aliphatic rings. The van der Waals surface area contributed by atoms with Gasteiger partial charge in [-0.2, -0.15) is 0 Å². The van der Waals surface area contributed by atoms with Crippen LogP contribution in [0.3, 0.4) is 0 Å². The largest absolute Gasteiger partial charge is 0.379 e. The van der Waals surface area contributed by atoms with Crippen LogP contribution in [-0.2, 0) is 4.74 Å². The number of rotatable bonds is 6. The first-order chi connectivity index (χ1) is 9.81. The Bertz CT molecular complexity index is 463. The average molecular weight is 308 g/mol. The summed E-state index contributed by atoms with van der Waals surface area (Å²) in [4.78, 5) is 14.9. The fraction of sp³-hybridized carbons (Fsp3) is 0.471. The van der Waals surface area contributed by atoms with Crippen LogP contribution >= 0.6 is 12.4 Å². The van der Waals surface area contributed by atoms with Gasteiger partial charge in [-0.05, 0) is 6.42 Å². The van der Waals surface area contributed by atoms with E-state index in [1.165, 1.54) is 0 Å². The lowest BCUT2D eigenvalue weighted by Gasteiger charge is -2.29. The Balaban J connectivity index is 0.00000220. The van der Waals surface area contributed by atoms with Crippen LogP contribution in [0, 0.1) is 18.3 Å². The molecule has 2 rings (SSSR count). The maximum atomic E-state index is 12.6. The lowest BCUT2D eigenvalue weighted by Crippen LogP contribution is -2.41. The molecular weight excluding hydrogens is 286 g/mol. The van der Waals surface area contributed by atoms with Gasteiger partial charge in [0, 0.05) is 37.5 Å². The first-order valence-corrected chi connectivity index (χ1v) is 7.14. The molecule has 1 aromatic rings. The molecule has 0 spiro atoms. The van der Waals surface area contributed by atoms with Crippen LogP contribution in [-0.4, -0.2) is 43.5 Å². The van der Waals surface area contributed by atoms with E-state index in [1.807, 2.05) is 30.3 Å². The van der Waals surface area contributed by atoms with E-state index >= 15 is 0 Å². The number of halogens is 1. The molecule has 114 valence electrons. The van der Waals surface area contributed by atoms with Gasteiger partial charge in [-0.15, -0.1) is 24.8 Å². The minimum atomic E-state index is -0.0217. The second-order valence-electron chi connectivity index (χ2n) is 5.08. The first-order valence-electron chi connectivity index (χ1n) is 7.14. The molecule has 3 nitrogen and oxygen atoms in total. The van der Waals surface area contributed by atoms with Crippen LogP contribution < -0.4 is 0 Å². The fourth-order valence-corrected chi connectivity index (χ4v) is 2.50. The van der Waals surface area contributed by atoms with Gasteiger partial charge in [-0.25, -0.2) is 0 Å². The molecule has 0 radical (unpaired) electrons. The summed E-state index contributed by atoms with van der Waals surface area (Å²) in [5.41, 5.74) is 0.780. The number of carbonyl (C=O) groups excluding carboxylic acids is 1. The summed E-state index contributed by atoms with van der Waals surface area (Å²) in [5, 5.41) is 0. The van der Waals surface area contributed by atoms with Gasteiger partial charge in [0.1, 0.15) is 0 Å². The second-order valence-corrected chi connectivity index (χ2v) is 5.08. The number of hydrogen-bond donors (Lipinski definition) is 0. The third kappa shape index (κ3) is 5.51. The van der Waals surface area contributed by atoms with Crippen LogP contribution in [0.5, 0.6) is 0 Å². The topological polar surface area (TPSA) is 29.5 Å². The summed E-state index contributed by atoms with van der Waals surface area (Å²) in [6.45, 7) is 4.07. The van der Waals surface area contributed by atoms with E-state index in [9.17, 15) is 4.79 Å². The highest BCUT2D eigenvalue weighted by molar-refractivity contribution is 5.97. The highest BCUT2D eigenvalue weighted by Crippen LogP contribution is 2.16. The van der Waals surface area contributed by atoms with Crippen molar-refractivity contribution < 1.29 is 9.53 Å². The molecular formula is C17H22ClNO2. The number of Topliss-reactive ketones (excluding diaryl/α,β-unsaturated/α-hetero) is 1. The first kappa shape index (κ1) is 17.7. The van der Waals surface area contributed by atoms with Crippen molar-refractivity contribution >= 4 is 18.2 Å². The summed E-state index contributed by atoms with van der Waals surface area (Å²) in [7, 11) is 0. The molecule has 1 aromatic carbocycles. The Kier molecular flexibility index (Phi) is 8.07. The number of ketones is 1. The molecule has 0 N–H and O–H groups in total. The molecule has 0 aromatic heterocycles. The molecule has 1 saturated heterocycles. The molecule has 1 aliphatic heterocycles. The Hall–Kier alpha value is -1.34. The van der Waals surface area contributed by atoms with E-state index in [1.54, 1.807) is 0 Å². The summed E-state index contributed by atoms with van der Waals surface area (Å²) in [6.07, 6.45) is 6.75. The molecule has 0 saturated carbocycles. The van der Waals surface area contributed by atoms with Gasteiger partial charge in [0.05, 0.1) is 13.2 Å². The Morgan fingerprint density at radius 2 is 1.95 bits per heavy atom. The van der Waals surface area contributed by atoms with E-state index in [4.69, 9.17) is 11.2 Å². The number of ether oxygens (including phenoxy) is 1. The molecule has 0 amide bonds. The smallest absolute Gasteiger partial charge is 0.167 e. The summed E-state index contributed by atoms with van der Waals surface area (Å²) in [6, 6.07) is 9.49. The fourth-order valence-electron chi connectivity index (χ4n) is 2.50. The third-order valence-electron chi connectivity index (χ3n) is 3.65. The van der Waals surface area contributed by atoms with E-state index in [0.717, 1.165) is 44.8 Å². The van der Waals surface area contributed by atoms with Crippen molar-refractivity contribution in [3.63, 3.8) is 0 Å². The van der Waals surface area contributed by atoms with Gasteiger partial charge < -0.3 is 4.74 Å². The van der Waals surface area contributed by atoms with Crippen molar-refractivity contribution in [1.29, 1.82) is 0 Å². The van der Waals surface area contributed by atoms with Crippen LogP contribution in [0.2, 0.25) is 0 Å². The summed E-state index contributed by atoms with van der Waals surface area (Å²) < 4.78 is 5.35. The number of morpholine rings is 1. The quantitative estimate of drug-likeness (QED) is 0.598. The number of terminal acetylenes is 1. The van der Waals surface area contributed by atoms with Crippen molar-refractivity contribution in [3.05, 3.63) is 35.9 Å². The number of carbonyl (C=O) groups is 1. The van der Waals surface area contributed by atoms with Crippen molar-refractivity contribution in [2.75, 3.05) is 32.8 Å².